The molecule has 2 aliphatic rings. The summed E-state index contributed by atoms with van der Waals surface area (Å²) >= 11 is 0. The first kappa shape index (κ1) is 11.5. The van der Waals surface area contributed by atoms with Gasteiger partial charge in [-0.1, -0.05) is 0 Å². The van der Waals surface area contributed by atoms with Crippen molar-refractivity contribution >= 4 is 11.7 Å². The molecule has 3 N–H and O–H groups in total. The quantitative estimate of drug-likeness (QED) is 0.768. The van der Waals surface area contributed by atoms with E-state index in [4.69, 9.17) is 10.5 Å². The third kappa shape index (κ3) is 1.68. The number of fused-ring (bicyclic) bond motifs is 1. The smallest absolute Gasteiger partial charge is 0.259 e. The molecule has 1 aliphatic carbocycles. The number of nitrogens with two attached hydrogens (primary N) is 1. The van der Waals surface area contributed by atoms with Gasteiger partial charge in [0.2, 0.25) is 0 Å². The van der Waals surface area contributed by atoms with E-state index in [0.717, 1.165) is 25.0 Å². The highest BCUT2D eigenvalue weighted by atomic mass is 16.5. The van der Waals surface area contributed by atoms with Crippen molar-refractivity contribution in [2.24, 2.45) is 0 Å². The van der Waals surface area contributed by atoms with E-state index in [1.54, 1.807) is 0 Å². The molecular weight excluding hydrogens is 232 g/mol. The van der Waals surface area contributed by atoms with Gasteiger partial charge in [0, 0.05) is 12.2 Å². The van der Waals surface area contributed by atoms with Gasteiger partial charge in [-0.05, 0) is 26.2 Å². The Bertz CT molecular complexity index is 451. The van der Waals surface area contributed by atoms with Crippen LogP contribution in [0.25, 0.3) is 0 Å². The van der Waals surface area contributed by atoms with Crippen molar-refractivity contribution < 1.29 is 9.53 Å². The molecule has 98 valence electrons. The number of nitrogen functional groups attached to an aromatic ring is 1. The highest BCUT2D eigenvalue weighted by molar-refractivity contribution is 5.99. The van der Waals surface area contributed by atoms with Crippen molar-refractivity contribution in [3.63, 3.8) is 0 Å². The molecule has 1 saturated heterocycles. The number of H-pyrrole nitrogens is 1. The second-order valence-electron chi connectivity index (χ2n) is 5.01. The average Bonchev–Trinajstić information content (AvgIpc) is 2.95. The molecule has 0 spiro atoms. The maximum atomic E-state index is 12.6. The standard InChI is InChI=1S/C12H18N4O2/c1-7-10(11(13)15-14-7)12(17)16-5-6-18-9-4-2-3-8(9)16/h8-9H,2-6H2,1H3,(H3,13,14,15). The summed E-state index contributed by atoms with van der Waals surface area (Å²) in [7, 11) is 0. The number of amides is 1. The first-order valence-electron chi connectivity index (χ1n) is 6.41. The fraction of sp³-hybridized carbons (Fsp3) is 0.667. The molecule has 1 amide bonds. The highest BCUT2D eigenvalue weighted by Crippen LogP contribution is 2.31. The Hall–Kier alpha value is -1.56. The number of carbonyl (C=O) groups excluding carboxylic acids is 1. The molecule has 2 atom stereocenters. The molecule has 0 radical (unpaired) electrons. The van der Waals surface area contributed by atoms with Crippen molar-refractivity contribution in [3.05, 3.63) is 11.3 Å². The topological polar surface area (TPSA) is 84.2 Å². The lowest BCUT2D eigenvalue weighted by Gasteiger charge is -2.37. The number of morpholine rings is 1. The molecule has 0 aromatic carbocycles. The Kier molecular flexibility index (Phi) is 2.74. The predicted octanol–water partition coefficient (Wildman–Crippen LogP) is 0.694. The van der Waals surface area contributed by atoms with Crippen LogP contribution in [-0.4, -0.2) is 46.3 Å². The van der Waals surface area contributed by atoms with Gasteiger partial charge in [-0.3, -0.25) is 9.89 Å². The number of anilines is 1. The molecule has 2 unspecified atom stereocenters. The molecule has 6 heteroatoms. The second-order valence-corrected chi connectivity index (χ2v) is 5.01. The molecule has 2 heterocycles. The maximum absolute atomic E-state index is 12.6. The molecular formula is C12H18N4O2. The summed E-state index contributed by atoms with van der Waals surface area (Å²) in [6.45, 7) is 3.08. The zero-order valence-corrected chi connectivity index (χ0v) is 10.5. The summed E-state index contributed by atoms with van der Waals surface area (Å²) in [6, 6.07) is 0.208. The first-order valence-corrected chi connectivity index (χ1v) is 6.41. The van der Waals surface area contributed by atoms with Gasteiger partial charge in [0.15, 0.2) is 5.82 Å². The zero-order valence-electron chi connectivity index (χ0n) is 10.5. The van der Waals surface area contributed by atoms with E-state index in [-0.39, 0.29) is 18.1 Å². The van der Waals surface area contributed by atoms with E-state index in [9.17, 15) is 4.79 Å². The number of aromatic nitrogens is 2. The molecule has 1 aromatic heterocycles. The van der Waals surface area contributed by atoms with E-state index in [0.29, 0.717) is 24.5 Å². The monoisotopic (exact) mass is 250 g/mol. The third-order valence-corrected chi connectivity index (χ3v) is 3.93. The molecule has 1 aliphatic heterocycles. The first-order chi connectivity index (χ1) is 8.68. The molecule has 1 saturated carbocycles. The van der Waals surface area contributed by atoms with Crippen molar-refractivity contribution in [2.45, 2.75) is 38.3 Å². The van der Waals surface area contributed by atoms with Gasteiger partial charge in [-0.15, -0.1) is 0 Å². The van der Waals surface area contributed by atoms with Gasteiger partial charge in [0.25, 0.3) is 5.91 Å². The van der Waals surface area contributed by atoms with Crippen LogP contribution in [0.4, 0.5) is 5.82 Å². The van der Waals surface area contributed by atoms with Crippen LogP contribution in [0.15, 0.2) is 0 Å². The zero-order chi connectivity index (χ0) is 12.7. The van der Waals surface area contributed by atoms with Gasteiger partial charge < -0.3 is 15.4 Å². The van der Waals surface area contributed by atoms with E-state index < -0.39 is 0 Å². The van der Waals surface area contributed by atoms with E-state index in [2.05, 4.69) is 10.2 Å². The lowest BCUT2D eigenvalue weighted by Crippen LogP contribution is -2.51. The summed E-state index contributed by atoms with van der Waals surface area (Å²) in [4.78, 5) is 14.5. The summed E-state index contributed by atoms with van der Waals surface area (Å²) < 4.78 is 5.71. The van der Waals surface area contributed by atoms with Crippen LogP contribution >= 0.6 is 0 Å². The van der Waals surface area contributed by atoms with Gasteiger partial charge >= 0.3 is 0 Å². The normalized spacial score (nSPS) is 27.3. The number of hydrogen-bond acceptors (Lipinski definition) is 4. The minimum Gasteiger partial charge on any atom is -0.382 e. The Labute approximate surface area is 105 Å². The van der Waals surface area contributed by atoms with Crippen LogP contribution in [0.3, 0.4) is 0 Å². The minimum absolute atomic E-state index is 0.0149. The molecule has 2 fully saturated rings. The number of aromatic amines is 1. The number of carbonyl (C=O) groups is 1. The number of nitrogens with zero attached hydrogens (tertiary/aromatic N) is 2. The van der Waals surface area contributed by atoms with Gasteiger partial charge in [-0.2, -0.15) is 5.10 Å². The van der Waals surface area contributed by atoms with Gasteiger partial charge in [-0.25, -0.2) is 0 Å². The SMILES string of the molecule is Cc1[nH]nc(N)c1C(=O)N1CCOC2CCCC21. The van der Waals surface area contributed by atoms with Crippen molar-refractivity contribution in [1.82, 2.24) is 15.1 Å². The van der Waals surface area contributed by atoms with Crippen LogP contribution in [-0.2, 0) is 4.74 Å². The van der Waals surface area contributed by atoms with E-state index in [1.807, 2.05) is 11.8 Å². The van der Waals surface area contributed by atoms with Crippen LogP contribution in [0.1, 0.15) is 35.3 Å². The third-order valence-electron chi connectivity index (χ3n) is 3.93. The van der Waals surface area contributed by atoms with Crippen LogP contribution < -0.4 is 5.73 Å². The van der Waals surface area contributed by atoms with Crippen LogP contribution in [0, 0.1) is 6.92 Å². The van der Waals surface area contributed by atoms with Crippen molar-refractivity contribution in [2.75, 3.05) is 18.9 Å². The van der Waals surface area contributed by atoms with Crippen molar-refractivity contribution in [1.29, 1.82) is 0 Å². The molecule has 6 nitrogen and oxygen atoms in total. The van der Waals surface area contributed by atoms with Gasteiger partial charge in [0.1, 0.15) is 5.56 Å². The number of ether oxygens (including phenoxy) is 1. The Morgan fingerprint density at radius 1 is 1.56 bits per heavy atom. The summed E-state index contributed by atoms with van der Waals surface area (Å²) in [5.74, 6) is 0.275. The molecule has 1 aromatic rings. The predicted molar refractivity (Wildman–Crippen MR) is 66.2 cm³/mol. The number of rotatable bonds is 1. The average molecular weight is 250 g/mol. The molecule has 0 bridgehead atoms. The highest BCUT2D eigenvalue weighted by Gasteiger charge is 2.39. The number of hydrogen-bond donors (Lipinski definition) is 2. The fourth-order valence-electron chi connectivity index (χ4n) is 3.04. The summed E-state index contributed by atoms with van der Waals surface area (Å²) in [5, 5.41) is 6.65. The number of nitrogens with one attached hydrogen (secondary N) is 1. The lowest BCUT2D eigenvalue weighted by atomic mass is 10.1. The minimum atomic E-state index is -0.0149. The van der Waals surface area contributed by atoms with Crippen LogP contribution in [0.5, 0.6) is 0 Å². The maximum Gasteiger partial charge on any atom is 0.259 e. The van der Waals surface area contributed by atoms with E-state index >= 15 is 0 Å². The second kappa shape index (κ2) is 4.28. The molecule has 3 rings (SSSR count). The number of aryl methyl sites for hydroxylation is 1. The fourth-order valence-corrected chi connectivity index (χ4v) is 3.04. The lowest BCUT2D eigenvalue weighted by molar-refractivity contribution is -0.0445. The Balaban J connectivity index is 1.88. The van der Waals surface area contributed by atoms with Crippen molar-refractivity contribution in [3.8, 4) is 0 Å². The summed E-state index contributed by atoms with van der Waals surface area (Å²) in [5.41, 5.74) is 7.02. The van der Waals surface area contributed by atoms with Crippen LogP contribution in [0.2, 0.25) is 0 Å². The summed E-state index contributed by atoms with van der Waals surface area (Å²) in [6.07, 6.45) is 3.40. The van der Waals surface area contributed by atoms with E-state index in [1.165, 1.54) is 0 Å². The Morgan fingerprint density at radius 2 is 2.39 bits per heavy atom. The van der Waals surface area contributed by atoms with Gasteiger partial charge in [0.05, 0.1) is 18.8 Å². The largest absolute Gasteiger partial charge is 0.382 e. The molecule has 18 heavy (non-hydrogen) atoms. The Morgan fingerprint density at radius 3 is 3.11 bits per heavy atom.